The smallest absolute Gasteiger partial charge is 0.273 e. The van der Waals surface area contributed by atoms with Gasteiger partial charge in [-0.05, 0) is 12.8 Å². The first kappa shape index (κ1) is 12.9. The van der Waals surface area contributed by atoms with E-state index < -0.39 is 6.29 Å². The second-order valence-electron chi connectivity index (χ2n) is 4.75. The fourth-order valence-electron chi connectivity index (χ4n) is 2.60. The van der Waals surface area contributed by atoms with Crippen molar-refractivity contribution < 1.29 is 14.1 Å². The molecule has 0 spiro atoms. The van der Waals surface area contributed by atoms with Crippen LogP contribution in [0.2, 0.25) is 0 Å². The lowest BCUT2D eigenvalue weighted by atomic mass is 10.2. The average molecular weight is 287 g/mol. The third-order valence-corrected chi connectivity index (χ3v) is 3.66. The summed E-state index contributed by atoms with van der Waals surface area (Å²) in [6.07, 6.45) is 1.31. The van der Waals surface area contributed by atoms with E-state index in [9.17, 15) is 4.79 Å². The molecule has 3 heterocycles. The van der Waals surface area contributed by atoms with Gasteiger partial charge in [0.15, 0.2) is 6.29 Å². The molecule has 0 radical (unpaired) electrons. The Morgan fingerprint density at radius 2 is 2.32 bits per heavy atom. The number of nitrogens with one attached hydrogen (secondary N) is 3. The van der Waals surface area contributed by atoms with Gasteiger partial charge in [-0.3, -0.25) is 10.5 Å². The number of hydrogen-bond donors (Lipinski definition) is 4. The Morgan fingerprint density at radius 3 is 3.11 bits per heavy atom. The van der Waals surface area contributed by atoms with Gasteiger partial charge in [-0.2, -0.15) is 0 Å². The zero-order chi connectivity index (χ0) is 13.4. The molecule has 0 bridgehead atoms. The fourth-order valence-corrected chi connectivity index (χ4v) is 2.82. The predicted molar refractivity (Wildman–Crippen MR) is 69.7 cm³/mol. The summed E-state index contributed by atoms with van der Waals surface area (Å²) in [5.41, 5.74) is 6.25. The van der Waals surface area contributed by atoms with Crippen molar-refractivity contribution in [2.24, 2.45) is 5.73 Å². The van der Waals surface area contributed by atoms with E-state index in [1.54, 1.807) is 0 Å². The van der Waals surface area contributed by atoms with Gasteiger partial charge in [0, 0.05) is 9.47 Å². The highest BCUT2D eigenvalue weighted by molar-refractivity contribution is 7.09. The second-order valence-corrected chi connectivity index (χ2v) is 5.08. The molecule has 8 nitrogen and oxygen atoms in total. The van der Waals surface area contributed by atoms with E-state index >= 15 is 0 Å². The van der Waals surface area contributed by atoms with Gasteiger partial charge in [-0.1, -0.05) is 0 Å². The summed E-state index contributed by atoms with van der Waals surface area (Å²) in [5, 5.41) is 8.73. The molecule has 0 aromatic carbocycles. The second kappa shape index (κ2) is 5.13. The van der Waals surface area contributed by atoms with E-state index in [0.29, 0.717) is 24.8 Å². The molecule has 1 amide bonds. The molecule has 0 aromatic heterocycles. The molecular formula is C10H18N5O3P. The molecule has 3 rings (SSSR count). The molecule has 3 unspecified atom stereocenters. The summed E-state index contributed by atoms with van der Waals surface area (Å²) < 4.78 is 10.9. The highest BCUT2D eigenvalue weighted by atomic mass is 31.0. The van der Waals surface area contributed by atoms with Crippen LogP contribution in [0.3, 0.4) is 0 Å². The Balaban J connectivity index is 1.71. The van der Waals surface area contributed by atoms with Crippen molar-refractivity contribution in [3.05, 3.63) is 11.5 Å². The van der Waals surface area contributed by atoms with Crippen LogP contribution in [0.5, 0.6) is 0 Å². The molecule has 19 heavy (non-hydrogen) atoms. The van der Waals surface area contributed by atoms with E-state index in [0.717, 1.165) is 12.8 Å². The Kier molecular flexibility index (Phi) is 3.49. The van der Waals surface area contributed by atoms with Crippen LogP contribution < -0.4 is 21.7 Å². The summed E-state index contributed by atoms with van der Waals surface area (Å²) in [6, 6.07) is 0. The monoisotopic (exact) mass is 287 g/mol. The number of amides is 1. The molecule has 3 aliphatic rings. The van der Waals surface area contributed by atoms with Crippen LogP contribution in [0, 0.1) is 0 Å². The first-order valence-corrected chi connectivity index (χ1v) is 6.71. The maximum absolute atomic E-state index is 11.8. The molecule has 9 heteroatoms. The molecule has 1 fully saturated rings. The number of nitrogens with two attached hydrogens (primary N) is 1. The standard InChI is InChI=1S/C10H18N5O3P/c11-10-13-8-7(9(16)14-10)12-4-15(8)6-2-1-5(18-6)3-17-19/h5-6,10,12-13H,1-4,11,19H2,(H,14,16)/t5-,6?,10?/m0/s1. The number of rotatable bonds is 3. The van der Waals surface area contributed by atoms with Gasteiger partial charge in [0.2, 0.25) is 0 Å². The molecule has 5 N–H and O–H groups in total. The highest BCUT2D eigenvalue weighted by Gasteiger charge is 2.39. The zero-order valence-electron chi connectivity index (χ0n) is 10.4. The van der Waals surface area contributed by atoms with Crippen LogP contribution in [-0.2, 0) is 14.1 Å². The maximum atomic E-state index is 11.8. The van der Waals surface area contributed by atoms with Gasteiger partial charge in [0.1, 0.15) is 17.7 Å². The largest absolute Gasteiger partial charge is 0.363 e. The van der Waals surface area contributed by atoms with Gasteiger partial charge in [-0.25, -0.2) is 0 Å². The van der Waals surface area contributed by atoms with Crippen LogP contribution in [0.1, 0.15) is 12.8 Å². The molecule has 1 saturated heterocycles. The summed E-state index contributed by atoms with van der Waals surface area (Å²) in [4.78, 5) is 13.8. The minimum absolute atomic E-state index is 0.0595. The zero-order valence-corrected chi connectivity index (χ0v) is 11.5. The van der Waals surface area contributed by atoms with E-state index in [1.165, 1.54) is 0 Å². The van der Waals surface area contributed by atoms with Crippen LogP contribution in [-0.4, -0.2) is 42.7 Å². The maximum Gasteiger partial charge on any atom is 0.273 e. The van der Waals surface area contributed by atoms with Crippen molar-refractivity contribution >= 4 is 15.4 Å². The van der Waals surface area contributed by atoms with E-state index in [-0.39, 0.29) is 18.2 Å². The average Bonchev–Trinajstić information content (AvgIpc) is 2.95. The topological polar surface area (TPSA) is 101 Å². The molecular weight excluding hydrogens is 269 g/mol. The lowest BCUT2D eigenvalue weighted by Gasteiger charge is -2.31. The van der Waals surface area contributed by atoms with Crippen LogP contribution >= 0.6 is 9.47 Å². The summed E-state index contributed by atoms with van der Waals surface area (Å²) in [6.45, 7) is 1.10. The number of ether oxygens (including phenoxy) is 1. The Morgan fingerprint density at radius 1 is 1.47 bits per heavy atom. The number of hydrogen-bond acceptors (Lipinski definition) is 7. The van der Waals surface area contributed by atoms with Crippen LogP contribution in [0.15, 0.2) is 11.5 Å². The van der Waals surface area contributed by atoms with Crippen molar-refractivity contribution in [2.45, 2.75) is 31.5 Å². The van der Waals surface area contributed by atoms with E-state index in [2.05, 4.69) is 25.4 Å². The quantitative estimate of drug-likeness (QED) is 0.459. The molecule has 0 saturated carbocycles. The van der Waals surface area contributed by atoms with E-state index in [4.69, 9.17) is 15.0 Å². The first-order valence-electron chi connectivity index (χ1n) is 6.24. The first-order chi connectivity index (χ1) is 9.19. The third kappa shape index (κ3) is 2.36. The SMILES string of the molecule is NC1NC(=O)C2=C(N1)N(C1CC[C@@H](COP)O1)CN2. The van der Waals surface area contributed by atoms with Crippen molar-refractivity contribution in [1.29, 1.82) is 0 Å². The molecule has 3 aliphatic heterocycles. The Hall–Kier alpha value is -1.08. The summed E-state index contributed by atoms with van der Waals surface area (Å²) in [7, 11) is 2.23. The van der Waals surface area contributed by atoms with Gasteiger partial charge in [0.25, 0.3) is 5.91 Å². The number of nitrogens with zero attached hydrogens (tertiary/aromatic N) is 1. The van der Waals surface area contributed by atoms with Gasteiger partial charge >= 0.3 is 0 Å². The van der Waals surface area contributed by atoms with Crippen LogP contribution in [0.4, 0.5) is 0 Å². The molecule has 106 valence electrons. The predicted octanol–water partition coefficient (Wildman–Crippen LogP) is -1.71. The molecule has 0 aromatic rings. The fraction of sp³-hybridized carbons (Fsp3) is 0.700. The van der Waals surface area contributed by atoms with Gasteiger partial charge in [-0.15, -0.1) is 0 Å². The molecule has 0 aliphatic carbocycles. The van der Waals surface area contributed by atoms with Gasteiger partial charge < -0.3 is 30.1 Å². The number of carbonyl (C=O) groups excluding carboxylic acids is 1. The normalized spacial score (nSPS) is 33.9. The molecule has 4 atom stereocenters. The summed E-state index contributed by atoms with van der Waals surface area (Å²) >= 11 is 0. The lowest BCUT2D eigenvalue weighted by molar-refractivity contribution is -0.119. The van der Waals surface area contributed by atoms with Crippen molar-refractivity contribution in [3.63, 3.8) is 0 Å². The van der Waals surface area contributed by atoms with Crippen LogP contribution in [0.25, 0.3) is 0 Å². The third-order valence-electron chi connectivity index (χ3n) is 3.47. The van der Waals surface area contributed by atoms with Crippen molar-refractivity contribution in [1.82, 2.24) is 20.9 Å². The van der Waals surface area contributed by atoms with E-state index in [1.807, 2.05) is 4.90 Å². The van der Waals surface area contributed by atoms with Crippen molar-refractivity contribution in [2.75, 3.05) is 13.3 Å². The highest BCUT2D eigenvalue weighted by Crippen LogP contribution is 2.28. The lowest BCUT2D eigenvalue weighted by Crippen LogP contribution is -2.57. The minimum atomic E-state index is -0.568. The van der Waals surface area contributed by atoms with Gasteiger partial charge in [0.05, 0.1) is 19.4 Å². The minimum Gasteiger partial charge on any atom is -0.363 e. The Labute approximate surface area is 113 Å². The number of carbonyl (C=O) groups is 1. The Bertz CT molecular complexity index is 418. The van der Waals surface area contributed by atoms with Crippen molar-refractivity contribution in [3.8, 4) is 0 Å². The summed E-state index contributed by atoms with van der Waals surface area (Å²) in [5.74, 6) is 0.528.